The van der Waals surface area contributed by atoms with E-state index in [1.807, 2.05) is 26.0 Å². The van der Waals surface area contributed by atoms with Gasteiger partial charge in [0.25, 0.3) is 0 Å². The highest BCUT2D eigenvalue weighted by molar-refractivity contribution is 5.83. The van der Waals surface area contributed by atoms with Crippen LogP contribution < -0.4 is 20.6 Å². The zero-order chi connectivity index (χ0) is 21.8. The first-order chi connectivity index (χ1) is 15.1. The normalized spacial score (nSPS) is 15.8. The molecule has 0 amide bonds. The lowest BCUT2D eigenvalue weighted by Gasteiger charge is -2.31. The summed E-state index contributed by atoms with van der Waals surface area (Å²) in [5.74, 6) is 0.872. The standard InChI is InChI=1S/C25H30N2O4/c1-17-4-9-22-20(14-24(28)31-25(22)18(17)2)15-26-16-23(27-10-12-30-13-11-27)19-5-7-21(29-3)8-6-19/h4-9,14,23,26H,10-13,15-16H2,1-3H3/p+2/t23-/m0/s1. The molecule has 31 heavy (non-hydrogen) atoms. The Kier molecular flexibility index (Phi) is 6.70. The molecule has 3 N–H and O–H groups in total. The van der Waals surface area contributed by atoms with Crippen molar-refractivity contribution in [3.8, 4) is 5.75 Å². The van der Waals surface area contributed by atoms with E-state index in [0.717, 1.165) is 67.2 Å². The van der Waals surface area contributed by atoms with Gasteiger partial charge in [0.15, 0.2) is 6.04 Å². The van der Waals surface area contributed by atoms with Crippen LogP contribution in [-0.2, 0) is 11.3 Å². The fraction of sp³-hybridized carbons (Fsp3) is 0.400. The maximum absolute atomic E-state index is 12.2. The lowest BCUT2D eigenvalue weighted by Crippen LogP contribution is -3.16. The molecule has 0 saturated carbocycles. The number of hydrogen-bond donors (Lipinski definition) is 2. The van der Waals surface area contributed by atoms with Crippen molar-refractivity contribution in [2.45, 2.75) is 26.4 Å². The van der Waals surface area contributed by atoms with Crippen LogP contribution in [0.1, 0.15) is 28.3 Å². The van der Waals surface area contributed by atoms with Crippen LogP contribution in [0.4, 0.5) is 0 Å². The summed E-state index contributed by atoms with van der Waals surface area (Å²) in [6.45, 7) is 9.31. The average Bonchev–Trinajstić information content (AvgIpc) is 2.80. The third-order valence-corrected chi connectivity index (χ3v) is 6.43. The van der Waals surface area contributed by atoms with Crippen molar-refractivity contribution >= 4 is 11.0 Å². The molecule has 2 aromatic carbocycles. The zero-order valence-corrected chi connectivity index (χ0v) is 18.6. The van der Waals surface area contributed by atoms with Crippen LogP contribution in [0.5, 0.6) is 5.75 Å². The molecule has 0 radical (unpaired) electrons. The maximum Gasteiger partial charge on any atom is 0.336 e. The number of morpholine rings is 1. The Hall–Kier alpha value is -2.67. The molecule has 0 bridgehead atoms. The molecule has 0 unspecified atom stereocenters. The minimum Gasteiger partial charge on any atom is -0.497 e. The number of rotatable bonds is 7. The largest absolute Gasteiger partial charge is 0.497 e. The third-order valence-electron chi connectivity index (χ3n) is 6.43. The van der Waals surface area contributed by atoms with E-state index in [1.54, 1.807) is 13.2 Å². The predicted octanol–water partition coefficient (Wildman–Crippen LogP) is 1.14. The van der Waals surface area contributed by atoms with Crippen molar-refractivity contribution in [3.05, 3.63) is 75.1 Å². The van der Waals surface area contributed by atoms with Crippen molar-refractivity contribution < 1.29 is 24.1 Å². The van der Waals surface area contributed by atoms with E-state index in [-0.39, 0.29) is 5.63 Å². The van der Waals surface area contributed by atoms with Crippen molar-refractivity contribution in [2.75, 3.05) is 40.0 Å². The molecule has 3 aromatic rings. The molecular weight excluding hydrogens is 392 g/mol. The molecule has 1 saturated heterocycles. The number of nitrogens with two attached hydrogens (primary N) is 1. The molecule has 1 aliphatic rings. The van der Waals surface area contributed by atoms with Gasteiger partial charge in [-0.1, -0.05) is 12.1 Å². The summed E-state index contributed by atoms with van der Waals surface area (Å²) < 4.78 is 16.4. The number of fused-ring (bicyclic) bond motifs is 1. The van der Waals surface area contributed by atoms with Gasteiger partial charge in [-0.15, -0.1) is 0 Å². The Bertz CT molecular complexity index is 1090. The van der Waals surface area contributed by atoms with Gasteiger partial charge >= 0.3 is 5.63 Å². The quantitative estimate of drug-likeness (QED) is 0.558. The number of ether oxygens (including phenoxy) is 2. The van der Waals surface area contributed by atoms with E-state index in [1.165, 1.54) is 10.5 Å². The van der Waals surface area contributed by atoms with E-state index in [9.17, 15) is 4.79 Å². The summed E-state index contributed by atoms with van der Waals surface area (Å²) in [5, 5.41) is 3.33. The van der Waals surface area contributed by atoms with Crippen LogP contribution in [0.2, 0.25) is 0 Å². The zero-order valence-electron chi connectivity index (χ0n) is 18.6. The highest BCUT2D eigenvalue weighted by Crippen LogP contribution is 2.22. The summed E-state index contributed by atoms with van der Waals surface area (Å²) in [4.78, 5) is 13.7. The molecule has 1 fully saturated rings. The van der Waals surface area contributed by atoms with E-state index in [2.05, 4.69) is 29.6 Å². The molecule has 6 heteroatoms. The summed E-state index contributed by atoms with van der Waals surface area (Å²) in [6, 6.07) is 14.5. The van der Waals surface area contributed by atoms with Crippen LogP contribution in [0, 0.1) is 13.8 Å². The van der Waals surface area contributed by atoms with E-state index < -0.39 is 0 Å². The predicted molar refractivity (Wildman–Crippen MR) is 120 cm³/mol. The van der Waals surface area contributed by atoms with Crippen LogP contribution >= 0.6 is 0 Å². The number of benzene rings is 2. The fourth-order valence-electron chi connectivity index (χ4n) is 4.46. The molecule has 0 aliphatic carbocycles. The van der Waals surface area contributed by atoms with Crippen LogP contribution in [-0.4, -0.2) is 40.0 Å². The first kappa shape index (κ1) is 21.6. The SMILES string of the molecule is COc1ccc([C@H](C[NH2+]Cc2cc(=O)oc3c(C)c(C)ccc23)[NH+]2CCOCC2)cc1. The molecule has 4 rings (SSSR count). The first-order valence-electron chi connectivity index (χ1n) is 11.0. The second-order valence-corrected chi connectivity index (χ2v) is 8.30. The highest BCUT2D eigenvalue weighted by Gasteiger charge is 2.28. The van der Waals surface area contributed by atoms with Gasteiger partial charge < -0.3 is 24.1 Å². The van der Waals surface area contributed by atoms with Crippen LogP contribution in [0.3, 0.4) is 0 Å². The molecular formula is C25H32N2O4+2. The lowest BCUT2D eigenvalue weighted by atomic mass is 10.0. The highest BCUT2D eigenvalue weighted by atomic mass is 16.5. The van der Waals surface area contributed by atoms with Crippen LogP contribution in [0.25, 0.3) is 11.0 Å². The minimum atomic E-state index is -0.282. The van der Waals surface area contributed by atoms with Crippen molar-refractivity contribution in [2.24, 2.45) is 0 Å². The Morgan fingerprint density at radius 3 is 2.55 bits per heavy atom. The number of quaternary nitrogens is 2. The summed E-state index contributed by atoms with van der Waals surface area (Å²) in [6.07, 6.45) is 0. The fourth-order valence-corrected chi connectivity index (χ4v) is 4.46. The number of hydrogen-bond acceptors (Lipinski definition) is 4. The van der Waals surface area contributed by atoms with E-state index in [4.69, 9.17) is 13.9 Å². The van der Waals surface area contributed by atoms with Crippen molar-refractivity contribution in [1.82, 2.24) is 0 Å². The Morgan fingerprint density at radius 2 is 1.84 bits per heavy atom. The van der Waals surface area contributed by atoms with Crippen molar-refractivity contribution in [3.63, 3.8) is 0 Å². The second kappa shape index (κ2) is 9.64. The number of methoxy groups -OCH3 is 1. The van der Waals surface area contributed by atoms with E-state index in [0.29, 0.717) is 11.6 Å². The minimum absolute atomic E-state index is 0.282. The van der Waals surface area contributed by atoms with Crippen LogP contribution in [0.15, 0.2) is 51.7 Å². The maximum atomic E-state index is 12.2. The summed E-state index contributed by atoms with van der Waals surface area (Å²) >= 11 is 0. The first-order valence-corrected chi connectivity index (χ1v) is 11.0. The Labute approximate surface area is 182 Å². The smallest absolute Gasteiger partial charge is 0.336 e. The average molecular weight is 425 g/mol. The molecule has 1 aliphatic heterocycles. The molecule has 2 heterocycles. The van der Waals surface area contributed by atoms with Gasteiger partial charge in [0, 0.05) is 22.6 Å². The third kappa shape index (κ3) is 4.82. The lowest BCUT2D eigenvalue weighted by molar-refractivity contribution is -0.952. The van der Waals surface area contributed by atoms with Gasteiger partial charge in [0.05, 0.1) is 20.3 Å². The van der Waals surface area contributed by atoms with Gasteiger partial charge in [-0.05, 0) is 49.2 Å². The van der Waals surface area contributed by atoms with Gasteiger partial charge in [0.2, 0.25) is 0 Å². The van der Waals surface area contributed by atoms with Gasteiger partial charge in [-0.3, -0.25) is 0 Å². The Morgan fingerprint density at radius 1 is 1.10 bits per heavy atom. The van der Waals surface area contributed by atoms with E-state index >= 15 is 0 Å². The van der Waals surface area contributed by atoms with Crippen molar-refractivity contribution in [1.29, 1.82) is 0 Å². The number of aryl methyl sites for hydroxylation is 2. The molecule has 164 valence electrons. The second-order valence-electron chi connectivity index (χ2n) is 8.30. The molecule has 0 spiro atoms. The number of nitrogens with one attached hydrogen (secondary N) is 1. The summed E-state index contributed by atoms with van der Waals surface area (Å²) in [7, 11) is 1.69. The molecule has 1 aromatic heterocycles. The Balaban J connectivity index is 1.55. The topological polar surface area (TPSA) is 69.7 Å². The van der Waals surface area contributed by atoms with Gasteiger partial charge in [-0.25, -0.2) is 4.79 Å². The van der Waals surface area contributed by atoms with Gasteiger partial charge in [-0.2, -0.15) is 0 Å². The summed E-state index contributed by atoms with van der Waals surface area (Å²) in [5.41, 5.74) is 4.92. The molecule has 6 nitrogen and oxygen atoms in total. The monoisotopic (exact) mass is 424 g/mol. The molecule has 1 atom stereocenters. The van der Waals surface area contributed by atoms with Gasteiger partial charge in [0.1, 0.15) is 37.5 Å².